The Morgan fingerprint density at radius 3 is 2.70 bits per heavy atom. The van der Waals surface area contributed by atoms with Gasteiger partial charge >= 0.3 is 0 Å². The maximum Gasteiger partial charge on any atom is 0.273 e. The molecule has 1 aliphatic rings. The Hall–Kier alpha value is -3.29. The topological polar surface area (TPSA) is 103 Å². The van der Waals surface area contributed by atoms with Crippen LogP contribution in [-0.2, 0) is 0 Å². The van der Waals surface area contributed by atoms with Crippen molar-refractivity contribution in [2.45, 2.75) is 37.8 Å². The van der Waals surface area contributed by atoms with Crippen LogP contribution in [0.15, 0.2) is 53.7 Å². The van der Waals surface area contributed by atoms with Gasteiger partial charge in [0.2, 0.25) is 5.88 Å². The number of carbonyl (C=O) groups excluding carboxylic acids is 1. The summed E-state index contributed by atoms with van der Waals surface area (Å²) in [7, 11) is 0. The summed E-state index contributed by atoms with van der Waals surface area (Å²) in [6.07, 6.45) is 11.6. The fourth-order valence-corrected chi connectivity index (χ4v) is 3.13. The molecule has 0 unspecified atom stereocenters. The molecule has 0 atom stereocenters. The summed E-state index contributed by atoms with van der Waals surface area (Å²) in [4.78, 5) is 24.6. The minimum absolute atomic E-state index is 0.0951. The van der Waals surface area contributed by atoms with E-state index in [4.69, 9.17) is 9.26 Å². The number of hydrogen-bond acceptors (Lipinski definition) is 7. The molecule has 1 aliphatic carbocycles. The normalized spacial score (nSPS) is 19.4. The van der Waals surface area contributed by atoms with Gasteiger partial charge in [0.25, 0.3) is 5.91 Å². The summed E-state index contributed by atoms with van der Waals surface area (Å²) in [5.74, 6) is 0.831. The smallest absolute Gasteiger partial charge is 0.273 e. The minimum Gasteiger partial charge on any atom is -0.473 e. The van der Waals surface area contributed by atoms with Gasteiger partial charge in [-0.2, -0.15) is 0 Å². The average Bonchev–Trinajstić information content (AvgIpc) is 3.21. The molecule has 4 rings (SSSR count). The van der Waals surface area contributed by atoms with Crippen LogP contribution in [0.3, 0.4) is 0 Å². The highest BCUT2D eigenvalue weighted by Gasteiger charge is 2.25. The SMILES string of the molecule is O=C(NC1CCC(Oc2cnccn2)CC1)c1cc(-c2cccnc2)on1. The van der Waals surface area contributed by atoms with E-state index in [2.05, 4.69) is 25.4 Å². The Morgan fingerprint density at radius 1 is 1.11 bits per heavy atom. The van der Waals surface area contributed by atoms with E-state index < -0.39 is 0 Å². The van der Waals surface area contributed by atoms with Crippen LogP contribution < -0.4 is 10.1 Å². The summed E-state index contributed by atoms with van der Waals surface area (Å²) in [6, 6.07) is 5.39. The number of carbonyl (C=O) groups is 1. The first kappa shape index (κ1) is 17.1. The van der Waals surface area contributed by atoms with E-state index in [0.29, 0.717) is 11.6 Å². The van der Waals surface area contributed by atoms with Crippen LogP contribution in [0.4, 0.5) is 0 Å². The van der Waals surface area contributed by atoms with Gasteiger partial charge in [0.15, 0.2) is 11.5 Å². The molecule has 1 fully saturated rings. The zero-order valence-corrected chi connectivity index (χ0v) is 14.6. The summed E-state index contributed by atoms with van der Waals surface area (Å²) in [5, 5.41) is 6.90. The molecule has 0 saturated heterocycles. The lowest BCUT2D eigenvalue weighted by atomic mass is 9.93. The third kappa shape index (κ3) is 4.28. The lowest BCUT2D eigenvalue weighted by Crippen LogP contribution is -2.39. The van der Waals surface area contributed by atoms with E-state index in [1.165, 1.54) is 0 Å². The van der Waals surface area contributed by atoms with Crippen molar-refractivity contribution in [2.24, 2.45) is 0 Å². The second-order valence-electron chi connectivity index (χ2n) is 6.43. The molecule has 27 heavy (non-hydrogen) atoms. The van der Waals surface area contributed by atoms with Gasteiger partial charge in [-0.25, -0.2) is 4.98 Å². The Bertz CT molecular complexity index is 877. The van der Waals surface area contributed by atoms with E-state index in [-0.39, 0.29) is 23.7 Å². The van der Waals surface area contributed by atoms with Crippen molar-refractivity contribution in [1.29, 1.82) is 0 Å². The van der Waals surface area contributed by atoms with Gasteiger partial charge in [0, 0.05) is 42.5 Å². The first-order valence-corrected chi connectivity index (χ1v) is 8.88. The van der Waals surface area contributed by atoms with Crippen LogP contribution in [0.2, 0.25) is 0 Å². The molecule has 3 aromatic rings. The molecule has 0 radical (unpaired) electrons. The third-order valence-electron chi connectivity index (χ3n) is 4.53. The molecule has 138 valence electrons. The number of aromatic nitrogens is 4. The number of hydrogen-bond donors (Lipinski definition) is 1. The van der Waals surface area contributed by atoms with Gasteiger partial charge in [-0.3, -0.25) is 14.8 Å². The van der Waals surface area contributed by atoms with Gasteiger partial charge < -0.3 is 14.6 Å². The molecular weight excluding hydrogens is 346 g/mol. The van der Waals surface area contributed by atoms with Gasteiger partial charge in [-0.05, 0) is 37.8 Å². The fourth-order valence-electron chi connectivity index (χ4n) is 3.13. The molecule has 3 aromatic heterocycles. The molecule has 1 saturated carbocycles. The molecule has 8 nitrogen and oxygen atoms in total. The Labute approximate surface area is 156 Å². The molecule has 0 spiro atoms. The predicted molar refractivity (Wildman–Crippen MR) is 95.9 cm³/mol. The van der Waals surface area contributed by atoms with Crippen LogP contribution in [0.1, 0.15) is 36.2 Å². The Morgan fingerprint density at radius 2 is 1.96 bits per heavy atom. The number of nitrogens with one attached hydrogen (secondary N) is 1. The Kier molecular flexibility index (Phi) is 5.04. The Balaban J connectivity index is 1.29. The van der Waals surface area contributed by atoms with Crippen LogP contribution in [0.5, 0.6) is 5.88 Å². The maximum absolute atomic E-state index is 12.4. The highest BCUT2D eigenvalue weighted by Crippen LogP contribution is 2.23. The first-order chi connectivity index (χ1) is 13.3. The van der Waals surface area contributed by atoms with Crippen molar-refractivity contribution in [1.82, 2.24) is 25.4 Å². The van der Waals surface area contributed by atoms with Gasteiger partial charge in [0.05, 0.1) is 6.20 Å². The van der Waals surface area contributed by atoms with E-state index >= 15 is 0 Å². The first-order valence-electron chi connectivity index (χ1n) is 8.88. The molecule has 3 heterocycles. The zero-order chi connectivity index (χ0) is 18.5. The molecule has 0 aromatic carbocycles. The maximum atomic E-state index is 12.4. The number of ether oxygens (including phenoxy) is 1. The van der Waals surface area contributed by atoms with Crippen LogP contribution in [0.25, 0.3) is 11.3 Å². The fraction of sp³-hybridized carbons (Fsp3) is 0.316. The van der Waals surface area contributed by atoms with Crippen LogP contribution >= 0.6 is 0 Å². The standard InChI is InChI=1S/C19H19N5O3/c25-19(16-10-17(27-24-16)13-2-1-7-20-11-13)23-14-3-5-15(6-4-14)26-18-12-21-8-9-22-18/h1-2,7-12,14-15H,3-6H2,(H,23,25). The molecular formula is C19H19N5O3. The number of rotatable bonds is 5. The number of amides is 1. The average molecular weight is 365 g/mol. The van der Waals surface area contributed by atoms with Crippen molar-refractivity contribution in [3.8, 4) is 17.2 Å². The molecule has 1 amide bonds. The van der Waals surface area contributed by atoms with E-state index in [9.17, 15) is 4.79 Å². The van der Waals surface area contributed by atoms with Gasteiger partial charge in [-0.15, -0.1) is 0 Å². The highest BCUT2D eigenvalue weighted by molar-refractivity contribution is 5.93. The number of nitrogens with zero attached hydrogens (tertiary/aromatic N) is 4. The van der Waals surface area contributed by atoms with E-state index in [1.54, 1.807) is 43.1 Å². The molecule has 0 aliphatic heterocycles. The quantitative estimate of drug-likeness (QED) is 0.741. The van der Waals surface area contributed by atoms with Gasteiger partial charge in [0.1, 0.15) is 6.10 Å². The second-order valence-corrected chi connectivity index (χ2v) is 6.43. The van der Waals surface area contributed by atoms with Crippen molar-refractivity contribution in [3.63, 3.8) is 0 Å². The summed E-state index contributed by atoms with van der Waals surface area (Å²) in [5.41, 5.74) is 1.05. The van der Waals surface area contributed by atoms with Crippen molar-refractivity contribution in [2.75, 3.05) is 0 Å². The molecule has 1 N–H and O–H groups in total. The van der Waals surface area contributed by atoms with Crippen molar-refractivity contribution >= 4 is 5.91 Å². The van der Waals surface area contributed by atoms with Crippen molar-refractivity contribution < 1.29 is 14.1 Å². The minimum atomic E-state index is -0.229. The summed E-state index contributed by atoms with van der Waals surface area (Å²) >= 11 is 0. The summed E-state index contributed by atoms with van der Waals surface area (Å²) < 4.78 is 11.1. The second kappa shape index (κ2) is 7.94. The molecule has 0 bridgehead atoms. The molecule has 8 heteroatoms. The predicted octanol–water partition coefficient (Wildman–Crippen LogP) is 2.65. The van der Waals surface area contributed by atoms with Crippen LogP contribution in [-0.4, -0.2) is 38.2 Å². The van der Waals surface area contributed by atoms with Crippen LogP contribution in [0, 0.1) is 0 Å². The zero-order valence-electron chi connectivity index (χ0n) is 14.6. The third-order valence-corrected chi connectivity index (χ3v) is 4.53. The van der Waals surface area contributed by atoms with Gasteiger partial charge in [-0.1, -0.05) is 5.16 Å². The van der Waals surface area contributed by atoms with Crippen molar-refractivity contribution in [3.05, 3.63) is 54.9 Å². The highest BCUT2D eigenvalue weighted by atomic mass is 16.5. The monoisotopic (exact) mass is 365 g/mol. The largest absolute Gasteiger partial charge is 0.473 e. The lowest BCUT2D eigenvalue weighted by molar-refractivity contribution is 0.0881. The van der Waals surface area contributed by atoms with E-state index in [1.807, 2.05) is 6.07 Å². The number of pyridine rings is 1. The lowest BCUT2D eigenvalue weighted by Gasteiger charge is -2.28. The van der Waals surface area contributed by atoms with E-state index in [0.717, 1.165) is 31.2 Å². The summed E-state index contributed by atoms with van der Waals surface area (Å²) in [6.45, 7) is 0.